The average Bonchev–Trinajstić information content (AvgIpc) is 2.42. The van der Waals surface area contributed by atoms with E-state index < -0.39 is 6.29 Å². The van der Waals surface area contributed by atoms with Crippen LogP contribution in [0.2, 0.25) is 0 Å². The molecule has 0 atom stereocenters. The van der Waals surface area contributed by atoms with E-state index >= 15 is 0 Å². The number of aromatic nitrogens is 1. The third-order valence-electron chi connectivity index (χ3n) is 2.99. The lowest BCUT2D eigenvalue weighted by molar-refractivity contribution is -0.167. The fraction of sp³-hybridized carbons (Fsp3) is 0.600. The number of Topliss-reactive ketones (excluding diaryl/α,β-unsaturated/α-hetero) is 1. The number of hydrogen-bond acceptors (Lipinski definition) is 5. The molecule has 0 aliphatic carbocycles. The van der Waals surface area contributed by atoms with Gasteiger partial charge in [0.2, 0.25) is 6.29 Å². The fourth-order valence-electron chi connectivity index (χ4n) is 2.03. The van der Waals surface area contributed by atoms with Gasteiger partial charge in [0.05, 0.1) is 19.2 Å². The van der Waals surface area contributed by atoms with Crippen molar-refractivity contribution >= 4 is 5.78 Å². The number of ketones is 1. The molecule has 1 heterocycles. The van der Waals surface area contributed by atoms with Crippen molar-refractivity contribution < 1.29 is 19.0 Å². The van der Waals surface area contributed by atoms with Crippen LogP contribution in [0.4, 0.5) is 0 Å². The van der Waals surface area contributed by atoms with Crippen LogP contribution in [0.1, 0.15) is 30.7 Å². The minimum absolute atomic E-state index is 0.129. The molecule has 1 rings (SSSR count). The Morgan fingerprint density at radius 3 is 2.35 bits per heavy atom. The van der Waals surface area contributed by atoms with Crippen molar-refractivity contribution in [3.63, 3.8) is 0 Å². The lowest BCUT2D eigenvalue weighted by Gasteiger charge is -2.17. The number of methoxy groups -OCH3 is 1. The molecule has 0 aromatic carbocycles. The SMILES string of the molecule is CCOC(OCC)C(=O)Cc1ncc(C)c(OC)c1C. The van der Waals surface area contributed by atoms with Crippen LogP contribution in [0.3, 0.4) is 0 Å². The number of rotatable bonds is 8. The highest BCUT2D eigenvalue weighted by atomic mass is 16.7. The van der Waals surface area contributed by atoms with E-state index in [9.17, 15) is 4.79 Å². The minimum atomic E-state index is -0.821. The van der Waals surface area contributed by atoms with Gasteiger partial charge >= 0.3 is 0 Å². The van der Waals surface area contributed by atoms with Crippen LogP contribution in [0.25, 0.3) is 0 Å². The molecule has 0 saturated carbocycles. The normalized spacial score (nSPS) is 10.9. The molecule has 0 spiro atoms. The molecule has 0 fully saturated rings. The predicted molar refractivity (Wildman–Crippen MR) is 76.0 cm³/mol. The van der Waals surface area contributed by atoms with Crippen molar-refractivity contribution in [2.24, 2.45) is 0 Å². The van der Waals surface area contributed by atoms with E-state index in [0.717, 1.165) is 16.9 Å². The maximum absolute atomic E-state index is 12.2. The highest BCUT2D eigenvalue weighted by molar-refractivity contribution is 5.84. The predicted octanol–water partition coefficient (Wildman–Crippen LogP) is 2.22. The van der Waals surface area contributed by atoms with Crippen LogP contribution in [0.15, 0.2) is 6.20 Å². The Hall–Kier alpha value is -1.46. The van der Waals surface area contributed by atoms with Gasteiger partial charge in [-0.2, -0.15) is 0 Å². The first-order valence-electron chi connectivity index (χ1n) is 6.80. The first-order valence-corrected chi connectivity index (χ1v) is 6.80. The molecule has 5 heteroatoms. The summed E-state index contributed by atoms with van der Waals surface area (Å²) < 4.78 is 16.0. The number of pyridine rings is 1. The van der Waals surface area contributed by atoms with Gasteiger partial charge in [-0.15, -0.1) is 0 Å². The molecule has 20 heavy (non-hydrogen) atoms. The van der Waals surface area contributed by atoms with Gasteiger partial charge < -0.3 is 14.2 Å². The Bertz CT molecular complexity index is 453. The van der Waals surface area contributed by atoms with E-state index in [-0.39, 0.29) is 12.2 Å². The summed E-state index contributed by atoms with van der Waals surface area (Å²) in [5, 5.41) is 0. The van der Waals surface area contributed by atoms with Crippen LogP contribution in [-0.2, 0) is 20.7 Å². The third kappa shape index (κ3) is 4.02. The molecule has 0 N–H and O–H groups in total. The summed E-state index contributed by atoms with van der Waals surface area (Å²) in [6.45, 7) is 8.35. The Morgan fingerprint density at radius 2 is 1.85 bits per heavy atom. The Morgan fingerprint density at radius 1 is 1.25 bits per heavy atom. The highest BCUT2D eigenvalue weighted by Crippen LogP contribution is 2.24. The van der Waals surface area contributed by atoms with Gasteiger partial charge in [0.15, 0.2) is 5.78 Å². The van der Waals surface area contributed by atoms with E-state index in [4.69, 9.17) is 14.2 Å². The zero-order chi connectivity index (χ0) is 15.1. The highest BCUT2D eigenvalue weighted by Gasteiger charge is 2.21. The van der Waals surface area contributed by atoms with Crippen molar-refractivity contribution in [2.45, 2.75) is 40.4 Å². The van der Waals surface area contributed by atoms with Crippen molar-refractivity contribution in [3.05, 3.63) is 23.0 Å². The second-order valence-corrected chi connectivity index (χ2v) is 4.43. The molecule has 112 valence electrons. The molecule has 0 unspecified atom stereocenters. The van der Waals surface area contributed by atoms with Gasteiger partial charge in [0.25, 0.3) is 0 Å². The van der Waals surface area contributed by atoms with Gasteiger partial charge in [0.1, 0.15) is 5.75 Å². The number of carbonyl (C=O) groups is 1. The smallest absolute Gasteiger partial charge is 0.218 e. The van der Waals surface area contributed by atoms with Gasteiger partial charge in [-0.3, -0.25) is 9.78 Å². The first-order chi connectivity index (χ1) is 9.54. The molecule has 1 aromatic heterocycles. The summed E-state index contributed by atoms with van der Waals surface area (Å²) in [5.41, 5.74) is 2.53. The summed E-state index contributed by atoms with van der Waals surface area (Å²) in [6.07, 6.45) is 1.07. The van der Waals surface area contributed by atoms with Crippen LogP contribution in [-0.4, -0.2) is 37.4 Å². The molecule has 0 bridgehead atoms. The van der Waals surface area contributed by atoms with Crippen LogP contribution in [0.5, 0.6) is 5.75 Å². The van der Waals surface area contributed by atoms with Crippen LogP contribution in [0, 0.1) is 13.8 Å². The van der Waals surface area contributed by atoms with Crippen LogP contribution >= 0.6 is 0 Å². The Kier molecular flexibility index (Phi) is 6.61. The van der Waals surface area contributed by atoms with Crippen molar-refractivity contribution in [3.8, 4) is 5.75 Å². The lowest BCUT2D eigenvalue weighted by atomic mass is 10.1. The molecule has 0 aliphatic heterocycles. The molecule has 1 aromatic rings. The zero-order valence-corrected chi connectivity index (χ0v) is 12.9. The summed E-state index contributed by atoms with van der Waals surface area (Å²) in [5.74, 6) is 0.641. The fourth-order valence-corrected chi connectivity index (χ4v) is 2.03. The summed E-state index contributed by atoms with van der Waals surface area (Å²) >= 11 is 0. The van der Waals surface area contributed by atoms with E-state index in [2.05, 4.69) is 4.98 Å². The van der Waals surface area contributed by atoms with E-state index in [0.29, 0.717) is 18.9 Å². The number of carbonyl (C=O) groups excluding carboxylic acids is 1. The van der Waals surface area contributed by atoms with E-state index in [1.165, 1.54) is 0 Å². The second kappa shape index (κ2) is 7.97. The van der Waals surface area contributed by atoms with Crippen molar-refractivity contribution in [2.75, 3.05) is 20.3 Å². The molecule has 0 aliphatic rings. The first kappa shape index (κ1) is 16.6. The summed E-state index contributed by atoms with van der Waals surface area (Å²) in [7, 11) is 1.62. The molecule has 0 radical (unpaired) electrons. The Labute approximate surface area is 120 Å². The number of aryl methyl sites for hydroxylation is 1. The topological polar surface area (TPSA) is 57.7 Å². The molecule has 5 nitrogen and oxygen atoms in total. The standard InChI is InChI=1S/C15H23NO4/c1-6-19-15(20-7-2)13(17)8-12-11(4)14(18-5)10(3)9-16-12/h9,15H,6-8H2,1-5H3. The van der Waals surface area contributed by atoms with E-state index in [1.807, 2.05) is 27.7 Å². The lowest BCUT2D eigenvalue weighted by Crippen LogP contribution is -2.29. The molecule has 0 saturated heterocycles. The van der Waals surface area contributed by atoms with E-state index in [1.54, 1.807) is 13.3 Å². The summed E-state index contributed by atoms with van der Waals surface area (Å²) in [6, 6.07) is 0. The largest absolute Gasteiger partial charge is 0.496 e. The number of hydrogen-bond donors (Lipinski definition) is 0. The van der Waals surface area contributed by atoms with Gasteiger partial charge in [-0.25, -0.2) is 0 Å². The number of ether oxygens (including phenoxy) is 3. The second-order valence-electron chi connectivity index (χ2n) is 4.43. The van der Waals surface area contributed by atoms with Gasteiger partial charge in [-0.05, 0) is 27.7 Å². The van der Waals surface area contributed by atoms with Crippen molar-refractivity contribution in [1.29, 1.82) is 0 Å². The average molecular weight is 281 g/mol. The maximum atomic E-state index is 12.2. The molecular formula is C15H23NO4. The molecular weight excluding hydrogens is 258 g/mol. The summed E-state index contributed by atoms with van der Waals surface area (Å²) in [4.78, 5) is 16.5. The quantitative estimate of drug-likeness (QED) is 0.684. The van der Waals surface area contributed by atoms with Gasteiger partial charge in [-0.1, -0.05) is 0 Å². The third-order valence-corrected chi connectivity index (χ3v) is 2.99. The molecule has 0 amide bonds. The maximum Gasteiger partial charge on any atom is 0.218 e. The zero-order valence-electron chi connectivity index (χ0n) is 12.9. The minimum Gasteiger partial charge on any atom is -0.496 e. The van der Waals surface area contributed by atoms with Crippen molar-refractivity contribution in [1.82, 2.24) is 4.98 Å². The Balaban J connectivity index is 2.89. The van der Waals surface area contributed by atoms with Crippen LogP contribution < -0.4 is 4.74 Å². The van der Waals surface area contributed by atoms with Gasteiger partial charge in [0, 0.05) is 30.5 Å². The number of nitrogens with zero attached hydrogens (tertiary/aromatic N) is 1. The monoisotopic (exact) mass is 281 g/mol.